The number of rotatable bonds is 5. The highest BCUT2D eigenvalue weighted by molar-refractivity contribution is 6.02. The Morgan fingerprint density at radius 3 is 2.34 bits per heavy atom. The van der Waals surface area contributed by atoms with Gasteiger partial charge in [0.1, 0.15) is 0 Å². The third-order valence-electron chi connectivity index (χ3n) is 6.41. The van der Waals surface area contributed by atoms with Crippen LogP contribution in [0.5, 0.6) is 0 Å². The van der Waals surface area contributed by atoms with Crippen LogP contribution >= 0.6 is 0 Å². The molecule has 32 heavy (non-hydrogen) atoms. The van der Waals surface area contributed by atoms with Gasteiger partial charge in [0.15, 0.2) is 0 Å². The fraction of sp³-hybridized carbons (Fsp3) is 0.423. The van der Waals surface area contributed by atoms with Gasteiger partial charge in [-0.3, -0.25) is 14.4 Å². The minimum Gasteiger partial charge on any atom is -0.350 e. The van der Waals surface area contributed by atoms with Crippen LogP contribution in [0.15, 0.2) is 48.5 Å². The van der Waals surface area contributed by atoms with Crippen molar-refractivity contribution in [1.29, 1.82) is 0 Å². The molecule has 2 aromatic carbocycles. The molecule has 3 amide bonds. The zero-order valence-electron chi connectivity index (χ0n) is 18.8. The first-order chi connectivity index (χ1) is 15.4. The lowest BCUT2D eigenvalue weighted by molar-refractivity contribution is -0.132. The van der Waals surface area contributed by atoms with Crippen molar-refractivity contribution in [2.24, 2.45) is 11.8 Å². The average molecular weight is 434 g/mol. The summed E-state index contributed by atoms with van der Waals surface area (Å²) in [6.07, 6.45) is 4.24. The maximum Gasteiger partial charge on any atom is 0.251 e. The van der Waals surface area contributed by atoms with Gasteiger partial charge in [-0.15, -0.1) is 0 Å². The molecule has 6 nitrogen and oxygen atoms in total. The average Bonchev–Trinajstić information content (AvgIpc) is 3.23. The van der Waals surface area contributed by atoms with Gasteiger partial charge in [-0.2, -0.15) is 0 Å². The number of benzene rings is 2. The van der Waals surface area contributed by atoms with Crippen LogP contribution in [0.25, 0.3) is 0 Å². The highest BCUT2D eigenvalue weighted by atomic mass is 16.2. The molecule has 1 fully saturated rings. The molecule has 0 saturated heterocycles. The SMILES string of the molecule is CC(C)NC(=O)c1ccc(NC(=O)C2CCCCC2C(=O)N2CCc3ccccc32)cc1. The van der Waals surface area contributed by atoms with Crippen LogP contribution in [0.1, 0.15) is 55.5 Å². The largest absolute Gasteiger partial charge is 0.350 e. The lowest BCUT2D eigenvalue weighted by Crippen LogP contribution is -2.43. The van der Waals surface area contributed by atoms with E-state index in [-0.39, 0.29) is 35.6 Å². The number of nitrogens with zero attached hydrogens (tertiary/aromatic N) is 1. The predicted octanol–water partition coefficient (Wildman–Crippen LogP) is 4.16. The predicted molar refractivity (Wildman–Crippen MR) is 126 cm³/mol. The molecule has 168 valence electrons. The Balaban J connectivity index is 1.44. The van der Waals surface area contributed by atoms with E-state index in [1.54, 1.807) is 24.3 Å². The molecule has 0 spiro atoms. The molecule has 2 aliphatic rings. The summed E-state index contributed by atoms with van der Waals surface area (Å²) in [7, 11) is 0. The minimum atomic E-state index is -0.340. The normalized spacial score (nSPS) is 20.0. The number of amides is 3. The lowest BCUT2D eigenvalue weighted by Gasteiger charge is -2.32. The molecule has 4 rings (SSSR count). The van der Waals surface area contributed by atoms with Gasteiger partial charge in [0.2, 0.25) is 11.8 Å². The Morgan fingerprint density at radius 1 is 0.938 bits per heavy atom. The Morgan fingerprint density at radius 2 is 1.62 bits per heavy atom. The summed E-state index contributed by atoms with van der Waals surface area (Å²) in [5, 5.41) is 5.83. The topological polar surface area (TPSA) is 78.5 Å². The van der Waals surface area contributed by atoms with Gasteiger partial charge in [-0.05, 0) is 69.0 Å². The number of anilines is 2. The third-order valence-corrected chi connectivity index (χ3v) is 6.41. The van der Waals surface area contributed by atoms with Crippen LogP contribution in [0.3, 0.4) is 0 Å². The van der Waals surface area contributed by atoms with Gasteiger partial charge < -0.3 is 15.5 Å². The molecular formula is C26H31N3O3. The van der Waals surface area contributed by atoms with E-state index in [0.717, 1.165) is 31.4 Å². The van der Waals surface area contributed by atoms with Gasteiger partial charge in [0, 0.05) is 35.4 Å². The Kier molecular flexibility index (Phi) is 6.58. The number of hydrogen-bond acceptors (Lipinski definition) is 3. The Bertz CT molecular complexity index is 1000. The van der Waals surface area contributed by atoms with Crippen molar-refractivity contribution in [2.75, 3.05) is 16.8 Å². The molecule has 1 aliphatic heterocycles. The summed E-state index contributed by atoms with van der Waals surface area (Å²) >= 11 is 0. The van der Waals surface area contributed by atoms with E-state index < -0.39 is 0 Å². The second kappa shape index (κ2) is 9.55. The van der Waals surface area contributed by atoms with Crippen molar-refractivity contribution >= 4 is 29.1 Å². The number of fused-ring (bicyclic) bond motifs is 1. The summed E-state index contributed by atoms with van der Waals surface area (Å²) in [5.41, 5.74) is 3.37. The minimum absolute atomic E-state index is 0.0604. The maximum absolute atomic E-state index is 13.4. The zero-order chi connectivity index (χ0) is 22.7. The fourth-order valence-electron chi connectivity index (χ4n) is 4.79. The van der Waals surface area contributed by atoms with Gasteiger partial charge in [-0.1, -0.05) is 31.0 Å². The van der Waals surface area contributed by atoms with Gasteiger partial charge in [0.25, 0.3) is 5.91 Å². The molecule has 2 atom stereocenters. The van der Waals surface area contributed by atoms with Crippen LogP contribution in [-0.2, 0) is 16.0 Å². The summed E-state index contributed by atoms with van der Waals surface area (Å²) < 4.78 is 0. The molecule has 0 radical (unpaired) electrons. The fourth-order valence-corrected chi connectivity index (χ4v) is 4.79. The summed E-state index contributed by atoms with van der Waals surface area (Å²) in [5.74, 6) is -0.828. The van der Waals surface area contributed by atoms with E-state index in [9.17, 15) is 14.4 Å². The quantitative estimate of drug-likeness (QED) is 0.743. The van der Waals surface area contributed by atoms with E-state index in [1.807, 2.05) is 36.9 Å². The smallest absolute Gasteiger partial charge is 0.251 e. The number of nitrogens with one attached hydrogen (secondary N) is 2. The van der Waals surface area contributed by atoms with E-state index in [2.05, 4.69) is 16.7 Å². The molecule has 1 saturated carbocycles. The first-order valence-corrected chi connectivity index (χ1v) is 11.5. The van der Waals surface area contributed by atoms with Crippen molar-refractivity contribution < 1.29 is 14.4 Å². The number of para-hydroxylation sites is 1. The molecule has 1 heterocycles. The monoisotopic (exact) mass is 433 g/mol. The van der Waals surface area contributed by atoms with Crippen molar-refractivity contribution in [3.05, 3.63) is 59.7 Å². The molecule has 0 aromatic heterocycles. The standard InChI is InChI=1S/C26H31N3O3/c1-17(2)27-24(30)19-11-13-20(14-12-19)28-25(31)21-8-4-5-9-22(21)26(32)29-16-15-18-7-3-6-10-23(18)29/h3,6-7,10-14,17,21-22H,4-5,8-9,15-16H2,1-2H3,(H,27,30)(H,28,31). The maximum atomic E-state index is 13.4. The van der Waals surface area contributed by atoms with Crippen molar-refractivity contribution in [2.45, 2.75) is 52.0 Å². The molecule has 2 unspecified atom stereocenters. The van der Waals surface area contributed by atoms with Crippen molar-refractivity contribution in [3.8, 4) is 0 Å². The second-order valence-electron chi connectivity index (χ2n) is 9.06. The van der Waals surface area contributed by atoms with Crippen molar-refractivity contribution in [3.63, 3.8) is 0 Å². The summed E-state index contributed by atoms with van der Waals surface area (Å²) in [6, 6.07) is 15.0. The lowest BCUT2D eigenvalue weighted by atomic mass is 9.77. The van der Waals surface area contributed by atoms with Crippen LogP contribution < -0.4 is 15.5 Å². The van der Waals surface area contributed by atoms with E-state index in [4.69, 9.17) is 0 Å². The number of carbonyl (C=O) groups excluding carboxylic acids is 3. The molecule has 6 heteroatoms. The van der Waals surface area contributed by atoms with Crippen molar-refractivity contribution in [1.82, 2.24) is 5.32 Å². The van der Waals surface area contributed by atoms with Gasteiger partial charge in [0.05, 0.1) is 5.92 Å². The molecule has 2 N–H and O–H groups in total. The second-order valence-corrected chi connectivity index (χ2v) is 9.06. The first kappa shape index (κ1) is 22.1. The molecule has 2 aromatic rings. The molecule has 0 bridgehead atoms. The van der Waals surface area contributed by atoms with E-state index in [1.165, 1.54) is 5.56 Å². The number of hydrogen-bond donors (Lipinski definition) is 2. The summed E-state index contributed by atoms with van der Waals surface area (Å²) in [6.45, 7) is 4.51. The Hall–Kier alpha value is -3.15. The van der Waals surface area contributed by atoms with E-state index in [0.29, 0.717) is 24.2 Å². The Labute approximate surface area is 189 Å². The van der Waals surface area contributed by atoms with Gasteiger partial charge >= 0.3 is 0 Å². The van der Waals surface area contributed by atoms with Gasteiger partial charge in [-0.25, -0.2) is 0 Å². The third kappa shape index (κ3) is 4.69. The number of carbonyl (C=O) groups is 3. The molecule has 1 aliphatic carbocycles. The van der Waals surface area contributed by atoms with Crippen LogP contribution in [-0.4, -0.2) is 30.3 Å². The first-order valence-electron chi connectivity index (χ1n) is 11.5. The zero-order valence-corrected chi connectivity index (χ0v) is 18.8. The van der Waals surface area contributed by atoms with Crippen LogP contribution in [0, 0.1) is 11.8 Å². The van der Waals surface area contributed by atoms with Crippen LogP contribution in [0.4, 0.5) is 11.4 Å². The highest BCUT2D eigenvalue weighted by Gasteiger charge is 2.39. The summed E-state index contributed by atoms with van der Waals surface area (Å²) in [4.78, 5) is 40.6. The van der Waals surface area contributed by atoms with Crippen LogP contribution in [0.2, 0.25) is 0 Å². The molecular weight excluding hydrogens is 402 g/mol. The highest BCUT2D eigenvalue weighted by Crippen LogP contribution is 2.36. The van der Waals surface area contributed by atoms with E-state index >= 15 is 0 Å².